The highest BCUT2D eigenvalue weighted by Gasteiger charge is 2.39. The van der Waals surface area contributed by atoms with Crippen molar-refractivity contribution in [3.05, 3.63) is 46.7 Å². The van der Waals surface area contributed by atoms with Gasteiger partial charge in [-0.1, -0.05) is 23.7 Å². The average Bonchev–Trinajstić information content (AvgIpc) is 2.74. The van der Waals surface area contributed by atoms with E-state index in [9.17, 15) is 14.9 Å². The third-order valence-corrected chi connectivity index (χ3v) is 5.61. The lowest BCUT2D eigenvalue weighted by Gasteiger charge is -2.39. The molecular formula is C20H23ClN8O2. The summed E-state index contributed by atoms with van der Waals surface area (Å²) in [6.45, 7) is 0.799. The van der Waals surface area contributed by atoms with E-state index in [1.165, 1.54) is 6.33 Å². The van der Waals surface area contributed by atoms with Crippen LogP contribution in [0.2, 0.25) is 5.02 Å². The lowest BCUT2D eigenvalue weighted by molar-refractivity contribution is -0.128. The molecule has 2 heterocycles. The van der Waals surface area contributed by atoms with Crippen molar-refractivity contribution in [3.8, 4) is 6.07 Å². The Morgan fingerprint density at radius 2 is 1.90 bits per heavy atom. The van der Waals surface area contributed by atoms with Crippen LogP contribution in [0, 0.1) is 11.3 Å². The lowest BCUT2D eigenvalue weighted by Crippen LogP contribution is -2.60. The molecule has 7 N–H and O–H groups in total. The molecule has 0 radical (unpaired) electrons. The fraction of sp³-hybridized carbons (Fsp3) is 0.350. The number of carbonyl (C=O) groups excluding carboxylic acids is 2. The molecule has 1 atom stereocenters. The summed E-state index contributed by atoms with van der Waals surface area (Å²) in [4.78, 5) is 34.4. The monoisotopic (exact) mass is 442 g/mol. The van der Waals surface area contributed by atoms with Crippen LogP contribution in [0.4, 0.5) is 11.6 Å². The highest BCUT2D eigenvalue weighted by Crippen LogP contribution is 2.28. The van der Waals surface area contributed by atoms with Gasteiger partial charge in [0, 0.05) is 18.1 Å². The van der Waals surface area contributed by atoms with Gasteiger partial charge in [0.1, 0.15) is 23.8 Å². The lowest BCUT2D eigenvalue weighted by atomic mass is 9.86. The van der Waals surface area contributed by atoms with Gasteiger partial charge >= 0.3 is 0 Å². The number of primary amides is 1. The van der Waals surface area contributed by atoms with Gasteiger partial charge in [-0.3, -0.25) is 9.59 Å². The zero-order chi connectivity index (χ0) is 22.6. The first kappa shape index (κ1) is 22.3. The Balaban J connectivity index is 1.72. The minimum Gasteiger partial charge on any atom is -0.382 e. The Morgan fingerprint density at radius 1 is 1.26 bits per heavy atom. The Labute approximate surface area is 184 Å². The number of nitriles is 1. The molecule has 1 aromatic carbocycles. The zero-order valence-corrected chi connectivity index (χ0v) is 17.5. The number of carbonyl (C=O) groups is 2. The number of nitrogens with one attached hydrogen (secondary N) is 1. The predicted molar refractivity (Wildman–Crippen MR) is 116 cm³/mol. The summed E-state index contributed by atoms with van der Waals surface area (Å²) in [7, 11) is 0. The number of nitrogens with two attached hydrogens (primary N) is 3. The van der Waals surface area contributed by atoms with E-state index in [0.717, 1.165) is 0 Å². The summed E-state index contributed by atoms with van der Waals surface area (Å²) >= 11 is 5.93. The van der Waals surface area contributed by atoms with Gasteiger partial charge in [0.05, 0.1) is 18.0 Å². The molecule has 1 aromatic heterocycles. The second-order valence-corrected chi connectivity index (χ2v) is 7.90. The molecule has 0 bridgehead atoms. The fourth-order valence-corrected chi connectivity index (χ4v) is 3.66. The maximum absolute atomic E-state index is 13.0. The zero-order valence-electron chi connectivity index (χ0n) is 16.7. The van der Waals surface area contributed by atoms with Crippen LogP contribution < -0.4 is 27.4 Å². The molecule has 2 aromatic rings. The Morgan fingerprint density at radius 3 is 2.48 bits per heavy atom. The van der Waals surface area contributed by atoms with E-state index < -0.39 is 17.5 Å². The molecule has 0 saturated carbocycles. The number of benzene rings is 1. The van der Waals surface area contributed by atoms with Gasteiger partial charge in [0.2, 0.25) is 11.8 Å². The van der Waals surface area contributed by atoms with Gasteiger partial charge in [0.15, 0.2) is 5.82 Å². The minimum atomic E-state index is -1.15. The summed E-state index contributed by atoms with van der Waals surface area (Å²) in [6, 6.07) is 8.20. The fourth-order valence-electron chi connectivity index (χ4n) is 3.53. The second kappa shape index (κ2) is 9.16. The SMILES string of the molecule is N#Cc1c(N)ncnc1N1CCC(N)(C(=O)NC(CC(N)=O)c2ccc(Cl)cc2)CC1. The number of nitrogens with zero attached hydrogens (tertiary/aromatic N) is 4. The number of amides is 2. The molecular weight excluding hydrogens is 420 g/mol. The summed E-state index contributed by atoms with van der Waals surface area (Å²) < 4.78 is 0. The third kappa shape index (κ3) is 5.02. The summed E-state index contributed by atoms with van der Waals surface area (Å²) in [6.07, 6.45) is 1.86. The van der Waals surface area contributed by atoms with Crippen LogP contribution in [0.15, 0.2) is 30.6 Å². The van der Waals surface area contributed by atoms with Gasteiger partial charge in [-0.15, -0.1) is 0 Å². The molecule has 31 heavy (non-hydrogen) atoms. The molecule has 1 fully saturated rings. The highest BCUT2D eigenvalue weighted by molar-refractivity contribution is 6.30. The topological polar surface area (TPSA) is 177 Å². The molecule has 1 aliphatic rings. The van der Waals surface area contributed by atoms with E-state index in [1.54, 1.807) is 24.3 Å². The van der Waals surface area contributed by atoms with Crippen LogP contribution in [-0.4, -0.2) is 40.4 Å². The molecule has 162 valence electrons. The van der Waals surface area contributed by atoms with Crippen molar-refractivity contribution in [1.29, 1.82) is 5.26 Å². The first-order chi connectivity index (χ1) is 14.7. The number of halogens is 1. The van der Waals surface area contributed by atoms with Crippen LogP contribution in [0.25, 0.3) is 0 Å². The van der Waals surface area contributed by atoms with Crippen LogP contribution in [0.1, 0.15) is 36.4 Å². The minimum absolute atomic E-state index is 0.0681. The predicted octanol–water partition coefficient (Wildman–Crippen LogP) is 0.614. The number of hydrogen-bond acceptors (Lipinski definition) is 8. The van der Waals surface area contributed by atoms with E-state index in [1.807, 2.05) is 11.0 Å². The second-order valence-electron chi connectivity index (χ2n) is 7.46. The standard InChI is InChI=1S/C20H23ClN8O2/c21-13-3-1-12(2-4-13)15(9-16(23)30)28-19(31)20(25)5-7-29(8-6-20)18-14(10-22)17(24)26-11-27-18/h1-4,11,15H,5-9,25H2,(H2,23,30)(H,28,31)(H2,24,26,27). The average molecular weight is 443 g/mol. The number of nitrogen functional groups attached to an aromatic ring is 1. The Kier molecular flexibility index (Phi) is 6.58. The molecule has 1 saturated heterocycles. The van der Waals surface area contributed by atoms with Crippen molar-refractivity contribution in [1.82, 2.24) is 15.3 Å². The molecule has 3 rings (SSSR count). The van der Waals surface area contributed by atoms with Crippen LogP contribution in [0.5, 0.6) is 0 Å². The van der Waals surface area contributed by atoms with Gasteiger partial charge in [0.25, 0.3) is 0 Å². The van der Waals surface area contributed by atoms with Crippen LogP contribution >= 0.6 is 11.6 Å². The van der Waals surface area contributed by atoms with Crippen LogP contribution in [0.3, 0.4) is 0 Å². The molecule has 11 heteroatoms. The smallest absolute Gasteiger partial charge is 0.240 e. The third-order valence-electron chi connectivity index (χ3n) is 5.36. The van der Waals surface area contributed by atoms with E-state index in [-0.39, 0.29) is 23.7 Å². The molecule has 10 nitrogen and oxygen atoms in total. The quantitative estimate of drug-likeness (QED) is 0.502. The van der Waals surface area contributed by atoms with Gasteiger partial charge in [-0.05, 0) is 30.5 Å². The number of anilines is 2. The first-order valence-corrected chi connectivity index (χ1v) is 10.0. The summed E-state index contributed by atoms with van der Waals surface area (Å²) in [5.74, 6) is -0.403. The maximum atomic E-state index is 13.0. The number of aromatic nitrogens is 2. The van der Waals surface area contributed by atoms with Crippen molar-refractivity contribution in [3.63, 3.8) is 0 Å². The summed E-state index contributed by atoms with van der Waals surface area (Å²) in [5.41, 5.74) is 17.3. The van der Waals surface area contributed by atoms with Gasteiger partial charge in [-0.2, -0.15) is 5.26 Å². The Bertz CT molecular complexity index is 1010. The van der Waals surface area contributed by atoms with Crippen molar-refractivity contribution in [2.75, 3.05) is 23.7 Å². The summed E-state index contributed by atoms with van der Waals surface area (Å²) in [5, 5.41) is 12.7. The molecule has 1 aliphatic heterocycles. The largest absolute Gasteiger partial charge is 0.382 e. The molecule has 0 aliphatic carbocycles. The van der Waals surface area contributed by atoms with Crippen molar-refractivity contribution >= 4 is 35.1 Å². The van der Waals surface area contributed by atoms with E-state index in [2.05, 4.69) is 15.3 Å². The molecule has 1 unspecified atom stereocenters. The maximum Gasteiger partial charge on any atom is 0.240 e. The van der Waals surface area contributed by atoms with Gasteiger partial charge < -0.3 is 27.4 Å². The normalized spacial score (nSPS) is 16.2. The van der Waals surface area contributed by atoms with E-state index in [4.69, 9.17) is 28.8 Å². The van der Waals surface area contributed by atoms with Crippen molar-refractivity contribution in [2.45, 2.75) is 30.8 Å². The molecule has 0 spiro atoms. The molecule has 2 amide bonds. The number of hydrogen-bond donors (Lipinski definition) is 4. The van der Waals surface area contributed by atoms with Crippen LogP contribution in [-0.2, 0) is 9.59 Å². The van der Waals surface area contributed by atoms with Crippen molar-refractivity contribution < 1.29 is 9.59 Å². The van der Waals surface area contributed by atoms with E-state index in [0.29, 0.717) is 42.3 Å². The number of rotatable bonds is 6. The van der Waals surface area contributed by atoms with Gasteiger partial charge in [-0.25, -0.2) is 9.97 Å². The first-order valence-electron chi connectivity index (χ1n) is 9.62. The van der Waals surface area contributed by atoms with Crippen molar-refractivity contribution in [2.24, 2.45) is 11.5 Å². The van der Waals surface area contributed by atoms with E-state index >= 15 is 0 Å². The highest BCUT2D eigenvalue weighted by atomic mass is 35.5. The Hall–Kier alpha value is -3.42. The number of piperidine rings is 1.